The van der Waals surface area contributed by atoms with Crippen LogP contribution in [0.2, 0.25) is 0 Å². The third kappa shape index (κ3) is 2.10. The summed E-state index contributed by atoms with van der Waals surface area (Å²) >= 11 is 0. The highest BCUT2D eigenvalue weighted by Gasteiger charge is 2.16. The molecule has 2 N–H and O–H groups in total. The number of rotatable bonds is 2. The summed E-state index contributed by atoms with van der Waals surface area (Å²) in [6.07, 6.45) is 5.62. The van der Waals surface area contributed by atoms with E-state index in [1.165, 1.54) is 18.1 Å². The zero-order chi connectivity index (χ0) is 10.8. The van der Waals surface area contributed by atoms with Crippen molar-refractivity contribution in [3.8, 4) is 0 Å². The third-order valence-electron chi connectivity index (χ3n) is 3.04. The molecule has 0 saturated heterocycles. The van der Waals surface area contributed by atoms with E-state index in [9.17, 15) is 4.39 Å². The van der Waals surface area contributed by atoms with E-state index < -0.39 is 0 Å². The number of nitrogens with two attached hydrogens (primary N) is 1. The summed E-state index contributed by atoms with van der Waals surface area (Å²) in [5, 5.41) is 0. The summed E-state index contributed by atoms with van der Waals surface area (Å²) in [5.74, 6) is -0.191. The van der Waals surface area contributed by atoms with Crippen LogP contribution in [0.5, 0.6) is 0 Å². The molecule has 0 radical (unpaired) electrons. The molecule has 1 nitrogen and oxygen atoms in total. The van der Waals surface area contributed by atoms with Crippen molar-refractivity contribution in [1.82, 2.24) is 0 Å². The van der Waals surface area contributed by atoms with Crippen LogP contribution in [-0.2, 0) is 0 Å². The Morgan fingerprint density at radius 3 is 2.80 bits per heavy atom. The first-order valence-electron chi connectivity index (χ1n) is 5.39. The average molecular weight is 205 g/mol. The Hall–Kier alpha value is -1.15. The number of allylic oxidation sites excluding steroid dienone is 1. The van der Waals surface area contributed by atoms with Crippen molar-refractivity contribution in [2.75, 3.05) is 0 Å². The Labute approximate surface area is 89.8 Å². The molecule has 0 bridgehead atoms. The van der Waals surface area contributed by atoms with Crippen molar-refractivity contribution >= 4 is 0 Å². The number of hydrogen-bond donors (Lipinski definition) is 1. The van der Waals surface area contributed by atoms with Gasteiger partial charge in [-0.1, -0.05) is 17.7 Å². The Morgan fingerprint density at radius 2 is 2.20 bits per heavy atom. The zero-order valence-electron chi connectivity index (χ0n) is 8.96. The van der Waals surface area contributed by atoms with Gasteiger partial charge in [-0.2, -0.15) is 0 Å². The number of benzene rings is 1. The van der Waals surface area contributed by atoms with Crippen LogP contribution in [0.4, 0.5) is 4.39 Å². The molecular formula is C13H16FN. The number of halogens is 1. The molecule has 1 aromatic carbocycles. The molecule has 0 aliphatic heterocycles. The van der Waals surface area contributed by atoms with Gasteiger partial charge < -0.3 is 5.73 Å². The minimum Gasteiger partial charge on any atom is -0.321 e. The standard InChI is InChI=1S/C13H16FN/c1-9-8-11(14)6-7-12(9)13(15)10-4-2-3-5-10/h4,6-8,13H,2-3,5,15H2,1H3. The second kappa shape index (κ2) is 4.15. The van der Waals surface area contributed by atoms with E-state index in [1.54, 1.807) is 12.1 Å². The molecule has 0 fully saturated rings. The van der Waals surface area contributed by atoms with Crippen LogP contribution in [0.1, 0.15) is 36.4 Å². The van der Waals surface area contributed by atoms with Crippen LogP contribution in [0.25, 0.3) is 0 Å². The Kier molecular flexibility index (Phi) is 2.87. The van der Waals surface area contributed by atoms with Crippen molar-refractivity contribution in [2.45, 2.75) is 32.2 Å². The number of hydrogen-bond acceptors (Lipinski definition) is 1. The zero-order valence-corrected chi connectivity index (χ0v) is 8.96. The van der Waals surface area contributed by atoms with Crippen LogP contribution in [-0.4, -0.2) is 0 Å². The fourth-order valence-electron chi connectivity index (χ4n) is 2.17. The molecule has 0 aromatic heterocycles. The van der Waals surface area contributed by atoms with Crippen molar-refractivity contribution < 1.29 is 4.39 Å². The second-order valence-electron chi connectivity index (χ2n) is 4.15. The summed E-state index contributed by atoms with van der Waals surface area (Å²) in [4.78, 5) is 0. The van der Waals surface area contributed by atoms with Gasteiger partial charge in [-0.15, -0.1) is 0 Å². The fourth-order valence-corrected chi connectivity index (χ4v) is 2.17. The van der Waals surface area contributed by atoms with E-state index in [0.29, 0.717) is 0 Å². The van der Waals surface area contributed by atoms with E-state index in [2.05, 4.69) is 6.08 Å². The van der Waals surface area contributed by atoms with Crippen molar-refractivity contribution in [3.63, 3.8) is 0 Å². The average Bonchev–Trinajstić information content (AvgIpc) is 2.69. The minimum absolute atomic E-state index is 0.0481. The molecule has 0 spiro atoms. The van der Waals surface area contributed by atoms with E-state index >= 15 is 0 Å². The maximum Gasteiger partial charge on any atom is 0.123 e. The molecule has 2 heteroatoms. The monoisotopic (exact) mass is 205 g/mol. The summed E-state index contributed by atoms with van der Waals surface area (Å²) < 4.78 is 12.9. The fraction of sp³-hybridized carbons (Fsp3) is 0.385. The summed E-state index contributed by atoms with van der Waals surface area (Å²) in [5.41, 5.74) is 9.44. The Balaban J connectivity index is 2.28. The molecule has 0 saturated carbocycles. The molecule has 0 amide bonds. The smallest absolute Gasteiger partial charge is 0.123 e. The minimum atomic E-state index is -0.191. The van der Waals surface area contributed by atoms with Gasteiger partial charge in [-0.05, 0) is 49.4 Å². The van der Waals surface area contributed by atoms with Gasteiger partial charge in [0.05, 0.1) is 6.04 Å². The van der Waals surface area contributed by atoms with E-state index in [4.69, 9.17) is 5.73 Å². The predicted octanol–water partition coefficient (Wildman–Crippen LogP) is 3.24. The number of aryl methyl sites for hydroxylation is 1. The maximum atomic E-state index is 12.9. The van der Waals surface area contributed by atoms with Crippen molar-refractivity contribution in [2.24, 2.45) is 5.73 Å². The topological polar surface area (TPSA) is 26.0 Å². The predicted molar refractivity (Wildman–Crippen MR) is 60.0 cm³/mol. The lowest BCUT2D eigenvalue weighted by molar-refractivity contribution is 0.624. The van der Waals surface area contributed by atoms with Crippen LogP contribution < -0.4 is 5.73 Å². The van der Waals surface area contributed by atoms with E-state index in [0.717, 1.165) is 24.0 Å². The normalized spacial score (nSPS) is 17.7. The quantitative estimate of drug-likeness (QED) is 0.737. The van der Waals surface area contributed by atoms with Gasteiger partial charge in [0.25, 0.3) is 0 Å². The molecule has 1 unspecified atom stereocenters. The highest BCUT2D eigenvalue weighted by Crippen LogP contribution is 2.30. The second-order valence-corrected chi connectivity index (χ2v) is 4.15. The highest BCUT2D eigenvalue weighted by molar-refractivity contribution is 5.35. The summed E-state index contributed by atoms with van der Waals surface area (Å²) in [6, 6.07) is 4.78. The van der Waals surface area contributed by atoms with E-state index in [1.807, 2.05) is 6.92 Å². The van der Waals surface area contributed by atoms with E-state index in [-0.39, 0.29) is 11.9 Å². The molecule has 1 atom stereocenters. The highest BCUT2D eigenvalue weighted by atomic mass is 19.1. The van der Waals surface area contributed by atoms with Gasteiger partial charge in [0, 0.05) is 0 Å². The van der Waals surface area contributed by atoms with Crippen LogP contribution in [0.3, 0.4) is 0 Å². The molecule has 80 valence electrons. The maximum absolute atomic E-state index is 12.9. The van der Waals surface area contributed by atoms with Gasteiger partial charge in [-0.3, -0.25) is 0 Å². The van der Waals surface area contributed by atoms with Gasteiger partial charge in [0.2, 0.25) is 0 Å². The third-order valence-corrected chi connectivity index (χ3v) is 3.04. The summed E-state index contributed by atoms with van der Waals surface area (Å²) in [7, 11) is 0. The van der Waals surface area contributed by atoms with Gasteiger partial charge in [0.1, 0.15) is 5.82 Å². The first kappa shape index (κ1) is 10.4. The molecule has 2 rings (SSSR count). The molecule has 1 aliphatic rings. The summed E-state index contributed by atoms with van der Waals surface area (Å²) in [6.45, 7) is 1.91. The van der Waals surface area contributed by atoms with Gasteiger partial charge in [0.15, 0.2) is 0 Å². The van der Waals surface area contributed by atoms with Crippen molar-refractivity contribution in [1.29, 1.82) is 0 Å². The molecule has 1 aliphatic carbocycles. The Morgan fingerprint density at radius 1 is 1.40 bits per heavy atom. The molecule has 0 heterocycles. The first-order valence-corrected chi connectivity index (χ1v) is 5.39. The van der Waals surface area contributed by atoms with Crippen LogP contribution >= 0.6 is 0 Å². The van der Waals surface area contributed by atoms with Crippen molar-refractivity contribution in [3.05, 3.63) is 46.8 Å². The first-order chi connectivity index (χ1) is 7.18. The Bertz CT molecular complexity index is 396. The van der Waals surface area contributed by atoms with Crippen LogP contribution in [0.15, 0.2) is 29.8 Å². The molecule has 15 heavy (non-hydrogen) atoms. The largest absolute Gasteiger partial charge is 0.321 e. The SMILES string of the molecule is Cc1cc(F)ccc1C(N)C1=CCCC1. The molecule has 1 aromatic rings. The lowest BCUT2D eigenvalue weighted by Gasteiger charge is -2.16. The van der Waals surface area contributed by atoms with Gasteiger partial charge in [-0.25, -0.2) is 4.39 Å². The van der Waals surface area contributed by atoms with Crippen LogP contribution in [0, 0.1) is 12.7 Å². The lowest BCUT2D eigenvalue weighted by atomic mass is 9.95. The van der Waals surface area contributed by atoms with Gasteiger partial charge >= 0.3 is 0 Å². The molecular weight excluding hydrogens is 189 g/mol. The lowest BCUT2D eigenvalue weighted by Crippen LogP contribution is -2.13.